The minimum absolute atomic E-state index is 0.615. The van der Waals surface area contributed by atoms with E-state index in [2.05, 4.69) is 20.6 Å². The lowest BCUT2D eigenvalue weighted by Crippen LogP contribution is -2.01. The minimum Gasteiger partial charge on any atom is -0.497 e. The van der Waals surface area contributed by atoms with Gasteiger partial charge in [-0.1, -0.05) is 12.1 Å². The largest absolute Gasteiger partial charge is 0.497 e. The van der Waals surface area contributed by atoms with Gasteiger partial charge in [0.1, 0.15) is 35.2 Å². The molecule has 134 valence electrons. The second-order valence-electron chi connectivity index (χ2n) is 5.30. The van der Waals surface area contributed by atoms with Crippen LogP contribution in [0.2, 0.25) is 0 Å². The molecule has 0 fully saturated rings. The first-order chi connectivity index (χ1) is 12.7. The topological polar surface area (TPSA) is 77.5 Å². The molecule has 0 atom stereocenters. The third-order valence-corrected chi connectivity index (χ3v) is 3.71. The van der Waals surface area contributed by atoms with E-state index in [1.165, 1.54) is 6.33 Å². The maximum Gasteiger partial charge on any atom is 0.142 e. The van der Waals surface area contributed by atoms with Crippen molar-refractivity contribution in [1.82, 2.24) is 9.97 Å². The Labute approximate surface area is 152 Å². The molecular formula is C19H20N4O3. The van der Waals surface area contributed by atoms with E-state index in [9.17, 15) is 0 Å². The molecule has 3 rings (SSSR count). The lowest BCUT2D eigenvalue weighted by atomic mass is 10.2. The Morgan fingerprint density at radius 2 is 1.35 bits per heavy atom. The van der Waals surface area contributed by atoms with Crippen molar-refractivity contribution in [2.24, 2.45) is 0 Å². The van der Waals surface area contributed by atoms with Crippen LogP contribution < -0.4 is 24.8 Å². The van der Waals surface area contributed by atoms with Gasteiger partial charge in [-0.25, -0.2) is 9.97 Å². The zero-order chi connectivity index (χ0) is 18.4. The highest BCUT2D eigenvalue weighted by Gasteiger charge is 2.08. The number of ether oxygens (including phenoxy) is 3. The molecule has 2 aromatic carbocycles. The van der Waals surface area contributed by atoms with Gasteiger partial charge in [-0.2, -0.15) is 0 Å². The molecule has 7 heteroatoms. The van der Waals surface area contributed by atoms with Crippen LogP contribution in [0.4, 0.5) is 23.0 Å². The van der Waals surface area contributed by atoms with Crippen molar-refractivity contribution in [3.63, 3.8) is 0 Å². The molecule has 1 heterocycles. The van der Waals surface area contributed by atoms with Gasteiger partial charge in [0.15, 0.2) is 0 Å². The highest BCUT2D eigenvalue weighted by molar-refractivity contribution is 5.69. The van der Waals surface area contributed by atoms with Crippen molar-refractivity contribution >= 4 is 23.0 Å². The summed E-state index contributed by atoms with van der Waals surface area (Å²) < 4.78 is 16.0. The van der Waals surface area contributed by atoms with Crippen LogP contribution in [-0.2, 0) is 0 Å². The highest BCUT2D eigenvalue weighted by atomic mass is 16.5. The van der Waals surface area contributed by atoms with Crippen molar-refractivity contribution in [3.8, 4) is 17.2 Å². The van der Waals surface area contributed by atoms with Crippen LogP contribution >= 0.6 is 0 Å². The number of aromatic nitrogens is 2. The predicted molar refractivity (Wildman–Crippen MR) is 101 cm³/mol. The molecule has 2 N–H and O–H groups in total. The maximum absolute atomic E-state index is 5.38. The molecule has 0 saturated heterocycles. The van der Waals surface area contributed by atoms with E-state index in [0.29, 0.717) is 17.4 Å². The first-order valence-corrected chi connectivity index (χ1v) is 7.94. The summed E-state index contributed by atoms with van der Waals surface area (Å²) in [5.41, 5.74) is 1.56. The average Bonchev–Trinajstić information content (AvgIpc) is 2.68. The van der Waals surface area contributed by atoms with Crippen molar-refractivity contribution in [2.45, 2.75) is 0 Å². The van der Waals surface area contributed by atoms with E-state index in [1.807, 2.05) is 42.5 Å². The Hall–Kier alpha value is -3.48. The lowest BCUT2D eigenvalue weighted by Gasteiger charge is -2.13. The van der Waals surface area contributed by atoms with Crippen LogP contribution in [0, 0.1) is 0 Å². The number of hydrogen-bond donors (Lipinski definition) is 2. The third-order valence-electron chi connectivity index (χ3n) is 3.71. The van der Waals surface area contributed by atoms with Gasteiger partial charge in [-0.05, 0) is 24.3 Å². The van der Waals surface area contributed by atoms with Crippen LogP contribution in [0.5, 0.6) is 17.2 Å². The van der Waals surface area contributed by atoms with Gasteiger partial charge in [0.25, 0.3) is 0 Å². The Balaban J connectivity index is 1.84. The monoisotopic (exact) mass is 352 g/mol. The summed E-state index contributed by atoms with van der Waals surface area (Å²) in [5.74, 6) is 3.38. The summed E-state index contributed by atoms with van der Waals surface area (Å²) in [6.45, 7) is 0. The fourth-order valence-corrected chi connectivity index (χ4v) is 2.43. The Kier molecular flexibility index (Phi) is 5.38. The summed E-state index contributed by atoms with van der Waals surface area (Å²) in [7, 11) is 4.86. The van der Waals surface area contributed by atoms with Crippen LogP contribution in [-0.4, -0.2) is 31.3 Å². The molecule has 0 bridgehead atoms. The maximum atomic E-state index is 5.38. The van der Waals surface area contributed by atoms with Gasteiger partial charge in [0, 0.05) is 12.1 Å². The fourth-order valence-electron chi connectivity index (χ4n) is 2.43. The summed E-state index contributed by atoms with van der Waals surface area (Å²) in [5, 5.41) is 6.45. The Morgan fingerprint density at radius 1 is 0.692 bits per heavy atom. The second kappa shape index (κ2) is 8.06. The molecule has 1 aromatic heterocycles. The molecule has 0 spiro atoms. The third kappa shape index (κ3) is 3.94. The van der Waals surface area contributed by atoms with Gasteiger partial charge in [0.2, 0.25) is 0 Å². The standard InChI is InChI=1S/C19H20N4O3/c1-24-13-8-9-17(26-3)15(10-13)23-19-11-18(20-12-21-19)22-14-6-4-5-7-16(14)25-2/h4-12H,1-3H3,(H2,20,21,22,23). The van der Waals surface area contributed by atoms with Crippen LogP contribution in [0.15, 0.2) is 54.9 Å². The number of anilines is 4. The predicted octanol–water partition coefficient (Wildman–Crippen LogP) is 3.99. The van der Waals surface area contributed by atoms with E-state index in [0.717, 1.165) is 22.9 Å². The Bertz CT molecular complexity index is 886. The molecule has 7 nitrogen and oxygen atoms in total. The number of para-hydroxylation sites is 2. The number of nitrogens with zero attached hydrogens (tertiary/aromatic N) is 2. The van der Waals surface area contributed by atoms with E-state index < -0.39 is 0 Å². The van der Waals surface area contributed by atoms with Gasteiger partial charge >= 0.3 is 0 Å². The molecular weight excluding hydrogens is 332 g/mol. The molecule has 3 aromatic rings. The van der Waals surface area contributed by atoms with Crippen LogP contribution in [0.1, 0.15) is 0 Å². The van der Waals surface area contributed by atoms with Crippen molar-refractivity contribution in [1.29, 1.82) is 0 Å². The smallest absolute Gasteiger partial charge is 0.142 e. The molecule has 0 radical (unpaired) electrons. The van der Waals surface area contributed by atoms with Gasteiger partial charge in [-0.15, -0.1) is 0 Å². The van der Waals surface area contributed by atoms with E-state index >= 15 is 0 Å². The van der Waals surface area contributed by atoms with E-state index in [-0.39, 0.29) is 0 Å². The molecule has 0 aliphatic heterocycles. The summed E-state index contributed by atoms with van der Waals surface area (Å²) in [6, 6.07) is 14.9. The first kappa shape index (κ1) is 17.3. The van der Waals surface area contributed by atoms with Gasteiger partial charge in [-0.3, -0.25) is 0 Å². The number of rotatable bonds is 7. The average molecular weight is 352 g/mol. The highest BCUT2D eigenvalue weighted by Crippen LogP contribution is 2.32. The lowest BCUT2D eigenvalue weighted by molar-refractivity contribution is 0.405. The molecule has 0 aliphatic carbocycles. The molecule has 0 aliphatic rings. The fraction of sp³-hybridized carbons (Fsp3) is 0.158. The zero-order valence-electron chi connectivity index (χ0n) is 14.8. The number of methoxy groups -OCH3 is 3. The minimum atomic E-state index is 0.615. The number of hydrogen-bond acceptors (Lipinski definition) is 7. The van der Waals surface area contributed by atoms with Crippen molar-refractivity contribution in [3.05, 3.63) is 54.9 Å². The second-order valence-corrected chi connectivity index (χ2v) is 5.30. The molecule has 0 amide bonds. The van der Waals surface area contributed by atoms with Gasteiger partial charge < -0.3 is 24.8 Å². The number of nitrogens with one attached hydrogen (secondary N) is 2. The quantitative estimate of drug-likeness (QED) is 0.666. The summed E-state index contributed by atoms with van der Waals surface area (Å²) >= 11 is 0. The van der Waals surface area contributed by atoms with Crippen molar-refractivity contribution < 1.29 is 14.2 Å². The summed E-state index contributed by atoms with van der Waals surface area (Å²) in [4.78, 5) is 8.51. The van der Waals surface area contributed by atoms with Gasteiger partial charge in [0.05, 0.1) is 32.7 Å². The van der Waals surface area contributed by atoms with E-state index in [4.69, 9.17) is 14.2 Å². The number of benzene rings is 2. The van der Waals surface area contributed by atoms with Crippen LogP contribution in [0.25, 0.3) is 0 Å². The first-order valence-electron chi connectivity index (χ1n) is 7.94. The van der Waals surface area contributed by atoms with Crippen molar-refractivity contribution in [2.75, 3.05) is 32.0 Å². The van der Waals surface area contributed by atoms with Crippen LogP contribution in [0.3, 0.4) is 0 Å². The summed E-state index contributed by atoms with van der Waals surface area (Å²) in [6.07, 6.45) is 1.48. The van der Waals surface area contributed by atoms with E-state index in [1.54, 1.807) is 27.4 Å². The molecule has 0 saturated carbocycles. The normalized spacial score (nSPS) is 10.1. The molecule has 0 unspecified atom stereocenters. The SMILES string of the molecule is COc1ccc(OC)c(Nc2cc(Nc3ccccc3OC)ncn2)c1. The Morgan fingerprint density at radius 3 is 2.04 bits per heavy atom. The zero-order valence-corrected chi connectivity index (χ0v) is 14.8. The molecule has 26 heavy (non-hydrogen) atoms.